The minimum absolute atomic E-state index is 0.0354. The zero-order chi connectivity index (χ0) is 20.0. The summed E-state index contributed by atoms with van der Waals surface area (Å²) in [5.74, 6) is 0.237. The number of para-hydroxylation sites is 1. The van der Waals surface area contributed by atoms with Gasteiger partial charge >= 0.3 is 0 Å². The normalized spacial score (nSPS) is 15.7. The van der Waals surface area contributed by atoms with E-state index in [1.54, 1.807) is 6.07 Å². The first-order chi connectivity index (χ1) is 12.5. The summed E-state index contributed by atoms with van der Waals surface area (Å²) in [6.45, 7) is 5.45. The standard InChI is InChI=1S/C18H18Cl2N2O4S/c1-11(23)22-10-18(2,3)26-16-8-7-12(9-15(16)22)27(24,25)21-17-13(19)5-4-6-14(17)20/h4-9,21H,10H2,1-3H3. The van der Waals surface area contributed by atoms with Gasteiger partial charge in [-0.2, -0.15) is 0 Å². The van der Waals surface area contributed by atoms with Gasteiger partial charge in [0.2, 0.25) is 5.91 Å². The highest BCUT2D eigenvalue weighted by molar-refractivity contribution is 7.92. The number of carbonyl (C=O) groups excluding carboxylic acids is 1. The number of hydrogen-bond acceptors (Lipinski definition) is 4. The summed E-state index contributed by atoms with van der Waals surface area (Å²) < 4.78 is 33.9. The number of anilines is 2. The maximum Gasteiger partial charge on any atom is 0.262 e. The van der Waals surface area contributed by atoms with E-state index in [1.165, 1.54) is 42.2 Å². The van der Waals surface area contributed by atoms with Crippen LogP contribution in [0.2, 0.25) is 10.0 Å². The number of nitrogens with one attached hydrogen (secondary N) is 1. The van der Waals surface area contributed by atoms with Gasteiger partial charge in [-0.05, 0) is 44.2 Å². The Morgan fingerprint density at radius 3 is 2.41 bits per heavy atom. The van der Waals surface area contributed by atoms with Crippen molar-refractivity contribution in [1.82, 2.24) is 0 Å². The largest absolute Gasteiger partial charge is 0.484 e. The van der Waals surface area contributed by atoms with Gasteiger partial charge in [-0.15, -0.1) is 0 Å². The number of ether oxygens (including phenoxy) is 1. The first-order valence-electron chi connectivity index (χ1n) is 8.08. The molecule has 1 aliphatic rings. The molecular formula is C18H18Cl2N2O4S. The molecule has 1 amide bonds. The fourth-order valence-electron chi connectivity index (χ4n) is 2.83. The highest BCUT2D eigenvalue weighted by atomic mass is 35.5. The summed E-state index contributed by atoms with van der Waals surface area (Å²) >= 11 is 12.1. The number of fused-ring (bicyclic) bond motifs is 1. The van der Waals surface area contributed by atoms with Crippen LogP contribution in [0.1, 0.15) is 20.8 Å². The van der Waals surface area contributed by atoms with Crippen molar-refractivity contribution in [2.45, 2.75) is 31.3 Å². The molecule has 0 aliphatic carbocycles. The van der Waals surface area contributed by atoms with Gasteiger partial charge in [-0.25, -0.2) is 8.42 Å². The van der Waals surface area contributed by atoms with E-state index >= 15 is 0 Å². The molecule has 27 heavy (non-hydrogen) atoms. The average molecular weight is 429 g/mol. The van der Waals surface area contributed by atoms with Crippen molar-refractivity contribution in [2.75, 3.05) is 16.2 Å². The van der Waals surface area contributed by atoms with Gasteiger partial charge in [0.05, 0.1) is 32.9 Å². The molecule has 2 aromatic rings. The monoisotopic (exact) mass is 428 g/mol. The molecule has 0 radical (unpaired) electrons. The number of halogens is 2. The molecule has 0 spiro atoms. The second-order valence-corrected chi connectivity index (χ2v) is 9.30. The van der Waals surface area contributed by atoms with Gasteiger partial charge in [-0.1, -0.05) is 29.3 Å². The van der Waals surface area contributed by atoms with Crippen molar-refractivity contribution in [3.05, 3.63) is 46.4 Å². The van der Waals surface area contributed by atoms with Crippen LogP contribution in [0.5, 0.6) is 5.75 Å². The van der Waals surface area contributed by atoms with E-state index in [0.29, 0.717) is 18.0 Å². The SMILES string of the molecule is CC(=O)N1CC(C)(C)Oc2ccc(S(=O)(=O)Nc3c(Cl)cccc3Cl)cc21. The van der Waals surface area contributed by atoms with Crippen molar-refractivity contribution in [2.24, 2.45) is 0 Å². The van der Waals surface area contributed by atoms with E-state index < -0.39 is 15.6 Å². The lowest BCUT2D eigenvalue weighted by atomic mass is 10.1. The minimum atomic E-state index is -3.98. The summed E-state index contributed by atoms with van der Waals surface area (Å²) in [5.41, 5.74) is -0.0862. The van der Waals surface area contributed by atoms with Crippen LogP contribution >= 0.6 is 23.2 Å². The van der Waals surface area contributed by atoms with Gasteiger partial charge in [0.15, 0.2) is 0 Å². The van der Waals surface area contributed by atoms with Crippen LogP contribution in [-0.2, 0) is 14.8 Å². The summed E-state index contributed by atoms with van der Waals surface area (Å²) in [7, 11) is -3.98. The molecule has 3 rings (SSSR count). The molecule has 0 unspecified atom stereocenters. The number of amides is 1. The molecule has 1 heterocycles. The van der Waals surface area contributed by atoms with Crippen LogP contribution in [0.4, 0.5) is 11.4 Å². The van der Waals surface area contributed by atoms with Crippen molar-refractivity contribution in [1.29, 1.82) is 0 Å². The molecule has 0 atom stereocenters. The zero-order valence-electron chi connectivity index (χ0n) is 14.9. The van der Waals surface area contributed by atoms with E-state index in [1.807, 2.05) is 13.8 Å². The Bertz CT molecular complexity index is 1000. The Morgan fingerprint density at radius 1 is 1.19 bits per heavy atom. The molecule has 1 aliphatic heterocycles. The molecule has 2 aromatic carbocycles. The van der Waals surface area contributed by atoms with Crippen LogP contribution in [-0.4, -0.2) is 26.5 Å². The Kier molecular flexibility index (Phi) is 5.05. The third kappa shape index (κ3) is 4.00. The van der Waals surface area contributed by atoms with Gasteiger partial charge < -0.3 is 9.64 Å². The highest BCUT2D eigenvalue weighted by Gasteiger charge is 2.34. The van der Waals surface area contributed by atoms with Crippen LogP contribution in [0.3, 0.4) is 0 Å². The molecule has 1 N–H and O–H groups in total. The molecule has 0 aromatic heterocycles. The summed E-state index contributed by atoms with van der Waals surface area (Å²) in [5, 5.41) is 0.360. The molecule has 0 bridgehead atoms. The summed E-state index contributed by atoms with van der Waals surface area (Å²) in [6.07, 6.45) is 0. The number of sulfonamides is 1. The smallest absolute Gasteiger partial charge is 0.262 e. The lowest BCUT2D eigenvalue weighted by Gasteiger charge is -2.39. The Balaban J connectivity index is 2.03. The molecular weight excluding hydrogens is 411 g/mol. The number of rotatable bonds is 3. The average Bonchev–Trinajstić information content (AvgIpc) is 2.56. The predicted octanol–water partition coefficient (Wildman–Crippen LogP) is 4.32. The first-order valence-corrected chi connectivity index (χ1v) is 10.3. The first kappa shape index (κ1) is 19.8. The topological polar surface area (TPSA) is 75.7 Å². The van der Waals surface area contributed by atoms with Crippen LogP contribution in [0.15, 0.2) is 41.3 Å². The van der Waals surface area contributed by atoms with Gasteiger partial charge in [0.1, 0.15) is 11.4 Å². The van der Waals surface area contributed by atoms with E-state index in [-0.39, 0.29) is 26.5 Å². The van der Waals surface area contributed by atoms with E-state index in [9.17, 15) is 13.2 Å². The lowest BCUT2D eigenvalue weighted by molar-refractivity contribution is -0.117. The molecule has 0 saturated carbocycles. The Morgan fingerprint density at radius 2 is 1.81 bits per heavy atom. The molecule has 0 saturated heterocycles. The van der Waals surface area contributed by atoms with Crippen molar-refractivity contribution in [3.8, 4) is 5.75 Å². The van der Waals surface area contributed by atoms with Gasteiger partial charge in [0, 0.05) is 6.92 Å². The van der Waals surface area contributed by atoms with Crippen molar-refractivity contribution >= 4 is 50.5 Å². The summed E-state index contributed by atoms with van der Waals surface area (Å²) in [4.78, 5) is 13.5. The van der Waals surface area contributed by atoms with E-state index in [4.69, 9.17) is 27.9 Å². The van der Waals surface area contributed by atoms with Crippen LogP contribution in [0.25, 0.3) is 0 Å². The molecule has 9 heteroatoms. The van der Waals surface area contributed by atoms with Crippen LogP contribution in [0, 0.1) is 0 Å². The van der Waals surface area contributed by atoms with E-state index in [0.717, 1.165) is 0 Å². The Hall–Kier alpha value is -1.96. The molecule has 6 nitrogen and oxygen atoms in total. The maximum absolute atomic E-state index is 12.8. The fourth-order valence-corrected chi connectivity index (χ4v) is 4.55. The number of benzene rings is 2. The lowest BCUT2D eigenvalue weighted by Crippen LogP contribution is -2.48. The zero-order valence-corrected chi connectivity index (χ0v) is 17.2. The van der Waals surface area contributed by atoms with E-state index in [2.05, 4.69) is 4.72 Å². The van der Waals surface area contributed by atoms with Crippen LogP contribution < -0.4 is 14.4 Å². The molecule has 144 valence electrons. The third-order valence-electron chi connectivity index (χ3n) is 4.04. The van der Waals surface area contributed by atoms with Crippen molar-refractivity contribution in [3.63, 3.8) is 0 Å². The fraction of sp³-hybridized carbons (Fsp3) is 0.278. The maximum atomic E-state index is 12.8. The molecule has 0 fully saturated rings. The number of hydrogen-bond donors (Lipinski definition) is 1. The summed E-state index contributed by atoms with van der Waals surface area (Å²) in [6, 6.07) is 9.03. The predicted molar refractivity (Wildman–Crippen MR) is 106 cm³/mol. The number of carbonyl (C=O) groups is 1. The van der Waals surface area contributed by atoms with Gasteiger partial charge in [0.25, 0.3) is 10.0 Å². The van der Waals surface area contributed by atoms with Gasteiger partial charge in [-0.3, -0.25) is 9.52 Å². The Labute approximate surface area is 168 Å². The van der Waals surface area contributed by atoms with Crippen molar-refractivity contribution < 1.29 is 17.9 Å². The second-order valence-electron chi connectivity index (χ2n) is 6.80. The quantitative estimate of drug-likeness (QED) is 0.789. The second kappa shape index (κ2) is 6.89. The third-order valence-corrected chi connectivity index (χ3v) is 6.01. The minimum Gasteiger partial charge on any atom is -0.484 e. The highest BCUT2D eigenvalue weighted by Crippen LogP contribution is 2.39. The number of nitrogens with zero attached hydrogens (tertiary/aromatic N) is 1.